The molecule has 0 radical (unpaired) electrons. The highest BCUT2D eigenvalue weighted by atomic mass is 16.5. The fourth-order valence-electron chi connectivity index (χ4n) is 3.24. The van der Waals surface area contributed by atoms with Gasteiger partial charge in [-0.05, 0) is 37.0 Å². The van der Waals surface area contributed by atoms with E-state index in [1.165, 1.54) is 5.56 Å². The summed E-state index contributed by atoms with van der Waals surface area (Å²) < 4.78 is 16.1. The molecule has 1 aromatic carbocycles. The Morgan fingerprint density at radius 1 is 1.07 bits per heavy atom. The molecule has 0 aliphatic carbocycles. The van der Waals surface area contributed by atoms with Crippen molar-refractivity contribution in [3.8, 4) is 0 Å². The third-order valence-corrected chi connectivity index (χ3v) is 4.84. The van der Waals surface area contributed by atoms with Crippen molar-refractivity contribution < 1.29 is 14.2 Å². The van der Waals surface area contributed by atoms with Crippen molar-refractivity contribution in [2.75, 3.05) is 66.0 Å². The van der Waals surface area contributed by atoms with Crippen LogP contribution in [0.1, 0.15) is 24.8 Å². The molecule has 1 aliphatic heterocycles. The van der Waals surface area contributed by atoms with Crippen molar-refractivity contribution in [2.45, 2.75) is 31.9 Å². The summed E-state index contributed by atoms with van der Waals surface area (Å²) in [5, 5.41) is 6.81. The monoisotopic (exact) mass is 392 g/mol. The van der Waals surface area contributed by atoms with Crippen molar-refractivity contribution in [1.82, 2.24) is 10.2 Å². The van der Waals surface area contributed by atoms with Gasteiger partial charge in [0.1, 0.15) is 0 Å². The summed E-state index contributed by atoms with van der Waals surface area (Å²) in [6.45, 7) is 5.76. The largest absolute Gasteiger partial charge is 0.385 e. The van der Waals surface area contributed by atoms with E-state index in [4.69, 9.17) is 14.2 Å². The van der Waals surface area contributed by atoms with Crippen LogP contribution in [0.4, 0.5) is 5.69 Å². The third-order valence-electron chi connectivity index (χ3n) is 4.84. The number of guanidine groups is 1. The number of likely N-dealkylation sites (tertiary alicyclic amines) is 1. The average Bonchev–Trinajstić information content (AvgIpc) is 2.74. The summed E-state index contributed by atoms with van der Waals surface area (Å²) in [5.41, 5.74) is 2.34. The highest BCUT2D eigenvalue weighted by Gasteiger charge is 2.21. The van der Waals surface area contributed by atoms with Crippen LogP contribution in [-0.4, -0.2) is 77.7 Å². The molecule has 0 spiro atoms. The first kappa shape index (κ1) is 22.5. The zero-order chi connectivity index (χ0) is 20.0. The number of benzene rings is 1. The number of aliphatic imine (C=N–C) groups is 1. The highest BCUT2D eigenvalue weighted by molar-refractivity contribution is 5.80. The lowest BCUT2D eigenvalue weighted by Gasteiger charge is -2.34. The molecule has 158 valence electrons. The lowest BCUT2D eigenvalue weighted by atomic mass is 10.1. The second-order valence-corrected chi connectivity index (χ2v) is 6.92. The van der Waals surface area contributed by atoms with E-state index >= 15 is 0 Å². The molecule has 0 unspecified atom stereocenters. The number of hydrogen-bond acceptors (Lipinski definition) is 5. The Balaban J connectivity index is 1.70. The number of ether oxygens (including phenoxy) is 3. The van der Waals surface area contributed by atoms with E-state index in [1.54, 1.807) is 14.2 Å². The van der Waals surface area contributed by atoms with E-state index in [0.29, 0.717) is 12.7 Å². The Morgan fingerprint density at radius 3 is 2.43 bits per heavy atom. The summed E-state index contributed by atoms with van der Waals surface area (Å²) in [6, 6.07) is 8.47. The van der Waals surface area contributed by atoms with Gasteiger partial charge in [0.05, 0.1) is 12.7 Å². The van der Waals surface area contributed by atoms with Gasteiger partial charge in [-0.25, -0.2) is 0 Å². The Morgan fingerprint density at radius 2 is 1.79 bits per heavy atom. The molecule has 7 nitrogen and oxygen atoms in total. The van der Waals surface area contributed by atoms with Gasteiger partial charge in [0.2, 0.25) is 0 Å². The van der Waals surface area contributed by atoms with Crippen LogP contribution < -0.4 is 10.6 Å². The Hall–Kier alpha value is -1.83. The maximum Gasteiger partial charge on any atom is 0.193 e. The van der Waals surface area contributed by atoms with Crippen LogP contribution in [-0.2, 0) is 20.8 Å². The number of nitrogens with zero attached hydrogens (tertiary/aromatic N) is 2. The second-order valence-electron chi connectivity index (χ2n) is 6.92. The maximum absolute atomic E-state index is 5.94. The molecule has 1 saturated heterocycles. The summed E-state index contributed by atoms with van der Waals surface area (Å²) in [7, 11) is 5.28. The van der Waals surface area contributed by atoms with Crippen molar-refractivity contribution in [2.24, 2.45) is 4.99 Å². The minimum Gasteiger partial charge on any atom is -0.385 e. The predicted molar refractivity (Wildman–Crippen MR) is 114 cm³/mol. The molecule has 2 N–H and O–H groups in total. The first-order chi connectivity index (χ1) is 13.8. The second kappa shape index (κ2) is 13.4. The Kier molecular flexibility index (Phi) is 10.7. The first-order valence-corrected chi connectivity index (χ1v) is 10.1. The summed E-state index contributed by atoms with van der Waals surface area (Å²) in [6.07, 6.45) is 3.38. The SMILES string of the molecule is CN=C(NCc1ccc(NCCOC)cc1)N1CCC(OCCCOC)CC1. The quantitative estimate of drug-likeness (QED) is 0.342. The predicted octanol–water partition coefficient (Wildman–Crippen LogP) is 2.34. The summed E-state index contributed by atoms with van der Waals surface area (Å²) >= 11 is 0. The molecule has 0 atom stereocenters. The molecule has 0 amide bonds. The van der Waals surface area contributed by atoms with E-state index in [1.807, 2.05) is 7.05 Å². The van der Waals surface area contributed by atoms with Gasteiger partial charge in [0, 0.05) is 66.3 Å². The smallest absolute Gasteiger partial charge is 0.193 e. The number of methoxy groups -OCH3 is 2. The van der Waals surface area contributed by atoms with Crippen molar-refractivity contribution in [3.63, 3.8) is 0 Å². The van der Waals surface area contributed by atoms with Gasteiger partial charge in [-0.2, -0.15) is 0 Å². The molecule has 0 aromatic heterocycles. The molecule has 1 aliphatic rings. The van der Waals surface area contributed by atoms with E-state index in [0.717, 1.165) is 70.3 Å². The van der Waals surface area contributed by atoms with Gasteiger partial charge in [0.15, 0.2) is 5.96 Å². The zero-order valence-electron chi connectivity index (χ0n) is 17.6. The molecule has 1 heterocycles. The summed E-state index contributed by atoms with van der Waals surface area (Å²) in [4.78, 5) is 6.77. The van der Waals surface area contributed by atoms with Crippen LogP contribution >= 0.6 is 0 Å². The van der Waals surface area contributed by atoms with Crippen LogP contribution in [0, 0.1) is 0 Å². The molecule has 2 rings (SSSR count). The van der Waals surface area contributed by atoms with Crippen LogP contribution in [0.15, 0.2) is 29.3 Å². The van der Waals surface area contributed by atoms with Gasteiger partial charge in [-0.3, -0.25) is 4.99 Å². The fraction of sp³-hybridized carbons (Fsp3) is 0.667. The molecule has 7 heteroatoms. The van der Waals surface area contributed by atoms with E-state index in [2.05, 4.69) is 44.8 Å². The highest BCUT2D eigenvalue weighted by Crippen LogP contribution is 2.15. The van der Waals surface area contributed by atoms with Crippen molar-refractivity contribution in [3.05, 3.63) is 29.8 Å². The number of piperidine rings is 1. The number of nitrogens with one attached hydrogen (secondary N) is 2. The standard InChI is InChI=1S/C21H36N4O3/c1-22-21(25-12-9-20(10-13-25)28-15-4-14-26-2)24-17-18-5-7-19(8-6-18)23-11-16-27-3/h5-8,20,23H,4,9-17H2,1-3H3,(H,22,24). The Labute approximate surface area is 169 Å². The van der Waals surface area contributed by atoms with Gasteiger partial charge >= 0.3 is 0 Å². The minimum atomic E-state index is 0.351. The number of hydrogen-bond donors (Lipinski definition) is 2. The third kappa shape index (κ3) is 8.04. The summed E-state index contributed by atoms with van der Waals surface area (Å²) in [5.74, 6) is 0.958. The molecular formula is C21H36N4O3. The van der Waals surface area contributed by atoms with Crippen LogP contribution in [0.25, 0.3) is 0 Å². The molecular weight excluding hydrogens is 356 g/mol. The molecule has 1 fully saturated rings. The lowest BCUT2D eigenvalue weighted by molar-refractivity contribution is 0.00989. The maximum atomic E-state index is 5.94. The minimum absolute atomic E-state index is 0.351. The van der Waals surface area contributed by atoms with Gasteiger partial charge < -0.3 is 29.7 Å². The lowest BCUT2D eigenvalue weighted by Crippen LogP contribution is -2.46. The first-order valence-electron chi connectivity index (χ1n) is 10.1. The van der Waals surface area contributed by atoms with Crippen molar-refractivity contribution >= 4 is 11.6 Å². The van der Waals surface area contributed by atoms with Crippen molar-refractivity contribution in [1.29, 1.82) is 0 Å². The molecule has 1 aromatic rings. The van der Waals surface area contributed by atoms with E-state index < -0.39 is 0 Å². The molecule has 28 heavy (non-hydrogen) atoms. The van der Waals surface area contributed by atoms with E-state index in [9.17, 15) is 0 Å². The number of anilines is 1. The number of rotatable bonds is 11. The topological polar surface area (TPSA) is 67.4 Å². The molecule has 0 bridgehead atoms. The average molecular weight is 393 g/mol. The van der Waals surface area contributed by atoms with Crippen LogP contribution in [0.3, 0.4) is 0 Å². The van der Waals surface area contributed by atoms with Crippen LogP contribution in [0.2, 0.25) is 0 Å². The van der Waals surface area contributed by atoms with Gasteiger partial charge in [-0.15, -0.1) is 0 Å². The molecule has 0 saturated carbocycles. The normalized spacial score (nSPS) is 15.7. The Bertz CT molecular complexity index is 557. The van der Waals surface area contributed by atoms with Crippen LogP contribution in [0.5, 0.6) is 0 Å². The zero-order valence-corrected chi connectivity index (χ0v) is 17.6. The fourth-order valence-corrected chi connectivity index (χ4v) is 3.24. The van der Waals surface area contributed by atoms with Gasteiger partial charge in [-0.1, -0.05) is 12.1 Å². The van der Waals surface area contributed by atoms with E-state index in [-0.39, 0.29) is 0 Å². The van der Waals surface area contributed by atoms with Gasteiger partial charge in [0.25, 0.3) is 0 Å².